The van der Waals surface area contributed by atoms with E-state index in [2.05, 4.69) is 30.1 Å². The van der Waals surface area contributed by atoms with Crippen LogP contribution in [0.2, 0.25) is 5.02 Å². The van der Waals surface area contributed by atoms with Gasteiger partial charge in [-0.2, -0.15) is 11.8 Å². The molecule has 5 heteroatoms. The summed E-state index contributed by atoms with van der Waals surface area (Å²) in [4.78, 5) is 6.70. The standard InChI is InChI=1S/C12H20ClN3S/c1-4-9(8-17-3)16(2)12-6-5-10(13)11(7-14)15-12/h5-6,9H,4,7-8,14H2,1-3H3. The Balaban J connectivity index is 2.90. The molecule has 2 N–H and O–H groups in total. The Morgan fingerprint density at radius 3 is 2.76 bits per heavy atom. The highest BCUT2D eigenvalue weighted by atomic mass is 35.5. The van der Waals surface area contributed by atoms with Crippen LogP contribution in [0.4, 0.5) is 5.82 Å². The van der Waals surface area contributed by atoms with Crippen molar-refractivity contribution >= 4 is 29.2 Å². The van der Waals surface area contributed by atoms with E-state index in [1.165, 1.54) is 0 Å². The molecule has 0 spiro atoms. The van der Waals surface area contributed by atoms with Crippen molar-refractivity contribution in [1.29, 1.82) is 0 Å². The molecule has 1 rings (SSSR count). The summed E-state index contributed by atoms with van der Waals surface area (Å²) in [5.74, 6) is 2.03. The van der Waals surface area contributed by atoms with Gasteiger partial charge in [0.2, 0.25) is 0 Å². The average Bonchev–Trinajstić information content (AvgIpc) is 2.35. The third-order valence-electron chi connectivity index (χ3n) is 2.84. The Labute approximate surface area is 113 Å². The Morgan fingerprint density at radius 2 is 2.24 bits per heavy atom. The van der Waals surface area contributed by atoms with E-state index in [4.69, 9.17) is 17.3 Å². The summed E-state index contributed by atoms with van der Waals surface area (Å²) in [6.45, 7) is 2.57. The fourth-order valence-corrected chi connectivity index (χ4v) is 2.72. The van der Waals surface area contributed by atoms with Crippen LogP contribution >= 0.6 is 23.4 Å². The number of aromatic nitrogens is 1. The average molecular weight is 274 g/mol. The van der Waals surface area contributed by atoms with Crippen LogP contribution in [0.15, 0.2) is 12.1 Å². The van der Waals surface area contributed by atoms with Crippen LogP contribution in [0.1, 0.15) is 19.0 Å². The maximum Gasteiger partial charge on any atom is 0.128 e. The molecule has 0 amide bonds. The molecule has 0 saturated heterocycles. The van der Waals surface area contributed by atoms with Crippen LogP contribution in [0.5, 0.6) is 0 Å². The van der Waals surface area contributed by atoms with Crippen molar-refractivity contribution in [2.45, 2.75) is 25.9 Å². The number of nitrogens with zero attached hydrogens (tertiary/aromatic N) is 2. The fourth-order valence-electron chi connectivity index (χ4n) is 1.70. The molecule has 3 nitrogen and oxygen atoms in total. The van der Waals surface area contributed by atoms with Gasteiger partial charge in [0, 0.05) is 25.4 Å². The van der Waals surface area contributed by atoms with Gasteiger partial charge < -0.3 is 10.6 Å². The van der Waals surface area contributed by atoms with Crippen LogP contribution in [0.25, 0.3) is 0 Å². The molecular weight excluding hydrogens is 254 g/mol. The summed E-state index contributed by atoms with van der Waals surface area (Å²) < 4.78 is 0. The smallest absolute Gasteiger partial charge is 0.128 e. The number of hydrogen-bond acceptors (Lipinski definition) is 4. The van der Waals surface area contributed by atoms with Crippen molar-refractivity contribution in [3.05, 3.63) is 22.8 Å². The molecule has 1 aromatic rings. The van der Waals surface area contributed by atoms with Gasteiger partial charge in [-0.05, 0) is 24.8 Å². The van der Waals surface area contributed by atoms with E-state index < -0.39 is 0 Å². The van der Waals surface area contributed by atoms with Gasteiger partial charge in [0.25, 0.3) is 0 Å². The number of halogens is 1. The summed E-state index contributed by atoms with van der Waals surface area (Å²) in [6, 6.07) is 4.31. The normalized spacial score (nSPS) is 12.5. The van der Waals surface area contributed by atoms with Gasteiger partial charge in [-0.25, -0.2) is 4.98 Å². The third kappa shape index (κ3) is 3.76. The number of pyridine rings is 1. The van der Waals surface area contributed by atoms with E-state index in [9.17, 15) is 0 Å². The number of rotatable bonds is 6. The summed E-state index contributed by atoms with van der Waals surface area (Å²) in [5, 5.41) is 0.641. The van der Waals surface area contributed by atoms with Gasteiger partial charge in [-0.3, -0.25) is 0 Å². The highest BCUT2D eigenvalue weighted by Gasteiger charge is 2.14. The largest absolute Gasteiger partial charge is 0.356 e. The maximum absolute atomic E-state index is 6.01. The first-order chi connectivity index (χ1) is 8.13. The topological polar surface area (TPSA) is 42.1 Å². The van der Waals surface area contributed by atoms with Gasteiger partial charge in [0.15, 0.2) is 0 Å². The van der Waals surface area contributed by atoms with E-state index in [1.807, 2.05) is 23.9 Å². The second kappa shape index (κ2) is 7.09. The number of anilines is 1. The quantitative estimate of drug-likeness (QED) is 0.865. The Hall–Kier alpha value is -0.450. The van der Waals surface area contributed by atoms with Gasteiger partial charge in [-0.15, -0.1) is 0 Å². The van der Waals surface area contributed by atoms with Gasteiger partial charge >= 0.3 is 0 Å². The molecule has 0 aliphatic carbocycles. The highest BCUT2D eigenvalue weighted by molar-refractivity contribution is 7.98. The van der Waals surface area contributed by atoms with Crippen LogP contribution in [-0.2, 0) is 6.54 Å². The summed E-state index contributed by atoms with van der Waals surface area (Å²) in [5.41, 5.74) is 6.38. The monoisotopic (exact) mass is 273 g/mol. The molecule has 1 heterocycles. The van der Waals surface area contributed by atoms with E-state index in [0.717, 1.165) is 23.7 Å². The lowest BCUT2D eigenvalue weighted by Crippen LogP contribution is -2.34. The van der Waals surface area contributed by atoms with Crippen molar-refractivity contribution < 1.29 is 0 Å². The zero-order valence-corrected chi connectivity index (χ0v) is 12.2. The predicted molar refractivity (Wildman–Crippen MR) is 78.0 cm³/mol. The van der Waals surface area contributed by atoms with E-state index >= 15 is 0 Å². The Kier molecular flexibility index (Phi) is 6.09. The highest BCUT2D eigenvalue weighted by Crippen LogP contribution is 2.21. The lowest BCUT2D eigenvalue weighted by molar-refractivity contribution is 0.664. The minimum atomic E-state index is 0.375. The van der Waals surface area contributed by atoms with Crippen LogP contribution in [0.3, 0.4) is 0 Å². The fraction of sp³-hybridized carbons (Fsp3) is 0.583. The minimum absolute atomic E-state index is 0.375. The van der Waals surface area contributed by atoms with Gasteiger partial charge in [-0.1, -0.05) is 18.5 Å². The van der Waals surface area contributed by atoms with Crippen molar-refractivity contribution in [2.24, 2.45) is 5.73 Å². The SMILES string of the molecule is CCC(CSC)N(C)c1ccc(Cl)c(CN)n1. The summed E-state index contributed by atoms with van der Waals surface area (Å²) in [7, 11) is 2.07. The van der Waals surface area contributed by atoms with Crippen LogP contribution < -0.4 is 10.6 Å². The van der Waals surface area contributed by atoms with E-state index in [1.54, 1.807) is 0 Å². The molecule has 0 fully saturated rings. The number of thioether (sulfide) groups is 1. The minimum Gasteiger partial charge on any atom is -0.356 e. The second-order valence-corrected chi connectivity index (χ2v) is 5.25. The van der Waals surface area contributed by atoms with Crippen LogP contribution in [-0.4, -0.2) is 30.1 Å². The van der Waals surface area contributed by atoms with Crippen molar-refractivity contribution in [3.63, 3.8) is 0 Å². The molecule has 0 aliphatic heterocycles. The zero-order valence-electron chi connectivity index (χ0n) is 10.6. The lowest BCUT2D eigenvalue weighted by atomic mass is 10.2. The zero-order chi connectivity index (χ0) is 12.8. The van der Waals surface area contributed by atoms with Crippen molar-refractivity contribution in [1.82, 2.24) is 4.98 Å². The molecular formula is C12H20ClN3S. The van der Waals surface area contributed by atoms with Gasteiger partial charge in [0.05, 0.1) is 10.7 Å². The molecule has 1 aromatic heterocycles. The Bertz CT molecular complexity index is 360. The molecule has 0 aliphatic rings. The van der Waals surface area contributed by atoms with Crippen molar-refractivity contribution in [3.8, 4) is 0 Å². The summed E-state index contributed by atoms with van der Waals surface area (Å²) in [6.07, 6.45) is 3.22. The molecule has 0 saturated carbocycles. The molecule has 0 radical (unpaired) electrons. The second-order valence-electron chi connectivity index (χ2n) is 3.93. The third-order valence-corrected chi connectivity index (χ3v) is 3.90. The predicted octanol–water partition coefficient (Wildman–Crippen LogP) is 2.77. The molecule has 0 bridgehead atoms. The van der Waals surface area contributed by atoms with E-state index in [-0.39, 0.29) is 0 Å². The maximum atomic E-state index is 6.01. The first-order valence-electron chi connectivity index (χ1n) is 5.71. The molecule has 17 heavy (non-hydrogen) atoms. The van der Waals surface area contributed by atoms with Crippen molar-refractivity contribution in [2.75, 3.05) is 24.0 Å². The Morgan fingerprint density at radius 1 is 1.53 bits per heavy atom. The summed E-state index contributed by atoms with van der Waals surface area (Å²) >= 11 is 7.86. The molecule has 0 aromatic carbocycles. The van der Waals surface area contributed by atoms with E-state index in [0.29, 0.717) is 17.6 Å². The lowest BCUT2D eigenvalue weighted by Gasteiger charge is -2.28. The number of hydrogen-bond donors (Lipinski definition) is 1. The molecule has 1 atom stereocenters. The first kappa shape index (κ1) is 14.6. The first-order valence-corrected chi connectivity index (χ1v) is 7.48. The molecule has 96 valence electrons. The van der Waals surface area contributed by atoms with Crippen LogP contribution in [0, 0.1) is 0 Å². The molecule has 1 unspecified atom stereocenters. The number of nitrogens with two attached hydrogens (primary N) is 1. The van der Waals surface area contributed by atoms with Gasteiger partial charge in [0.1, 0.15) is 5.82 Å².